The molecule has 1 aliphatic heterocycles. The van der Waals surface area contributed by atoms with E-state index in [1.165, 1.54) is 0 Å². The molecule has 8 nitrogen and oxygen atoms in total. The first-order chi connectivity index (χ1) is 14.7. The number of carbonyl (C=O) groups is 1. The van der Waals surface area contributed by atoms with Gasteiger partial charge in [0.1, 0.15) is 5.82 Å². The zero-order valence-corrected chi connectivity index (χ0v) is 17.1. The summed E-state index contributed by atoms with van der Waals surface area (Å²) in [6.45, 7) is 5.01. The van der Waals surface area contributed by atoms with Crippen molar-refractivity contribution in [3.05, 3.63) is 54.4 Å². The van der Waals surface area contributed by atoms with E-state index in [4.69, 9.17) is 14.7 Å². The number of nitrogens with one attached hydrogen (secondary N) is 2. The lowest BCUT2D eigenvalue weighted by atomic mass is 10.1. The van der Waals surface area contributed by atoms with E-state index >= 15 is 0 Å². The number of hydrogen-bond acceptors (Lipinski definition) is 6. The smallest absolute Gasteiger partial charge is 0.318 e. The number of pyridine rings is 1. The van der Waals surface area contributed by atoms with Crippen LogP contribution in [-0.4, -0.2) is 54.3 Å². The lowest BCUT2D eigenvalue weighted by Gasteiger charge is -2.30. The van der Waals surface area contributed by atoms with Crippen molar-refractivity contribution in [2.75, 3.05) is 43.6 Å². The van der Waals surface area contributed by atoms with Gasteiger partial charge in [-0.2, -0.15) is 0 Å². The number of anilines is 2. The fraction of sp³-hybridized carbons (Fsp3) is 0.273. The van der Waals surface area contributed by atoms with E-state index < -0.39 is 0 Å². The van der Waals surface area contributed by atoms with Gasteiger partial charge in [0, 0.05) is 54.9 Å². The lowest BCUT2D eigenvalue weighted by molar-refractivity contribution is 0.122. The Kier molecular flexibility index (Phi) is 5.85. The van der Waals surface area contributed by atoms with Gasteiger partial charge in [0.25, 0.3) is 0 Å². The van der Waals surface area contributed by atoms with Gasteiger partial charge in [0.15, 0.2) is 5.82 Å². The van der Waals surface area contributed by atoms with E-state index in [-0.39, 0.29) is 6.03 Å². The van der Waals surface area contributed by atoms with Gasteiger partial charge in [-0.1, -0.05) is 0 Å². The van der Waals surface area contributed by atoms with Crippen molar-refractivity contribution in [2.24, 2.45) is 0 Å². The Labute approximate surface area is 175 Å². The van der Waals surface area contributed by atoms with Crippen molar-refractivity contribution in [2.45, 2.75) is 6.92 Å². The summed E-state index contributed by atoms with van der Waals surface area (Å²) in [6.07, 6.45) is 3.54. The van der Waals surface area contributed by atoms with E-state index in [0.29, 0.717) is 24.7 Å². The largest absolute Gasteiger partial charge is 0.378 e. The van der Waals surface area contributed by atoms with Crippen molar-refractivity contribution < 1.29 is 9.53 Å². The number of urea groups is 1. The lowest BCUT2D eigenvalue weighted by Crippen LogP contribution is -2.37. The molecule has 2 N–H and O–H groups in total. The molecule has 154 valence electrons. The van der Waals surface area contributed by atoms with Gasteiger partial charge in [-0.15, -0.1) is 0 Å². The normalized spacial score (nSPS) is 13.7. The summed E-state index contributed by atoms with van der Waals surface area (Å²) in [4.78, 5) is 27.7. The summed E-state index contributed by atoms with van der Waals surface area (Å²) in [5.41, 5.74) is 4.50. The third-order valence-corrected chi connectivity index (χ3v) is 5.01. The average Bonchev–Trinajstić information content (AvgIpc) is 2.81. The van der Waals surface area contributed by atoms with Crippen LogP contribution >= 0.6 is 0 Å². The molecule has 4 rings (SSSR count). The summed E-state index contributed by atoms with van der Waals surface area (Å²) in [5.74, 6) is 1.56. The highest BCUT2D eigenvalue weighted by atomic mass is 16.5. The zero-order valence-electron chi connectivity index (χ0n) is 17.1. The molecule has 0 unspecified atom stereocenters. The molecule has 2 amide bonds. The number of carbonyl (C=O) groups excluding carboxylic acids is 1. The molecule has 0 spiro atoms. The van der Waals surface area contributed by atoms with Crippen molar-refractivity contribution >= 4 is 17.5 Å². The Morgan fingerprint density at radius 2 is 1.70 bits per heavy atom. The van der Waals surface area contributed by atoms with Crippen LogP contribution in [0, 0.1) is 6.92 Å². The van der Waals surface area contributed by atoms with Gasteiger partial charge in [-0.05, 0) is 43.3 Å². The van der Waals surface area contributed by atoms with Crippen LogP contribution in [0.25, 0.3) is 22.6 Å². The SMILES string of the molecule is CNC(=O)Nc1ccc(-c2nc(-c3ccncc3)c(C)c(N3CCOCC3)n2)cc1. The van der Waals surface area contributed by atoms with Crippen LogP contribution in [0.2, 0.25) is 0 Å². The number of benzene rings is 1. The van der Waals surface area contributed by atoms with Crippen LogP contribution in [0.5, 0.6) is 0 Å². The summed E-state index contributed by atoms with van der Waals surface area (Å²) in [6, 6.07) is 11.2. The van der Waals surface area contributed by atoms with Gasteiger partial charge in [-0.3, -0.25) is 4.98 Å². The number of aromatic nitrogens is 3. The van der Waals surface area contributed by atoms with E-state index in [2.05, 4.69) is 27.4 Å². The highest BCUT2D eigenvalue weighted by Crippen LogP contribution is 2.31. The molecule has 0 radical (unpaired) electrons. The predicted molar refractivity (Wildman–Crippen MR) is 117 cm³/mol. The number of amides is 2. The second kappa shape index (κ2) is 8.87. The van der Waals surface area contributed by atoms with Crippen LogP contribution in [-0.2, 0) is 4.74 Å². The molecule has 1 aromatic carbocycles. The summed E-state index contributed by atoms with van der Waals surface area (Å²) >= 11 is 0. The number of hydrogen-bond donors (Lipinski definition) is 2. The summed E-state index contributed by atoms with van der Waals surface area (Å²) in [5, 5.41) is 5.30. The first-order valence-corrected chi connectivity index (χ1v) is 9.86. The Bertz CT molecular complexity index is 1020. The molecule has 30 heavy (non-hydrogen) atoms. The van der Waals surface area contributed by atoms with Crippen LogP contribution in [0.3, 0.4) is 0 Å². The number of rotatable bonds is 4. The monoisotopic (exact) mass is 404 g/mol. The van der Waals surface area contributed by atoms with E-state index in [1.54, 1.807) is 19.4 Å². The van der Waals surface area contributed by atoms with Gasteiger partial charge in [-0.25, -0.2) is 14.8 Å². The van der Waals surface area contributed by atoms with E-state index in [1.807, 2.05) is 36.4 Å². The molecule has 0 saturated carbocycles. The highest BCUT2D eigenvalue weighted by molar-refractivity contribution is 5.89. The molecular formula is C22H24N6O2. The van der Waals surface area contributed by atoms with Gasteiger partial charge >= 0.3 is 6.03 Å². The Hall–Kier alpha value is -3.52. The molecular weight excluding hydrogens is 380 g/mol. The van der Waals surface area contributed by atoms with Crippen LogP contribution < -0.4 is 15.5 Å². The first kappa shape index (κ1) is 19.8. The second-order valence-electron chi connectivity index (χ2n) is 6.96. The maximum Gasteiger partial charge on any atom is 0.318 e. The number of nitrogens with zero attached hydrogens (tertiary/aromatic N) is 4. The van der Waals surface area contributed by atoms with Gasteiger partial charge < -0.3 is 20.3 Å². The predicted octanol–water partition coefficient (Wildman–Crippen LogP) is 3.10. The van der Waals surface area contributed by atoms with Gasteiger partial charge in [0.2, 0.25) is 0 Å². The molecule has 2 aromatic heterocycles. The molecule has 8 heteroatoms. The second-order valence-corrected chi connectivity index (χ2v) is 6.96. The number of ether oxygens (including phenoxy) is 1. The average molecular weight is 404 g/mol. The molecule has 0 bridgehead atoms. The Balaban J connectivity index is 1.76. The summed E-state index contributed by atoms with van der Waals surface area (Å²) in [7, 11) is 1.58. The Morgan fingerprint density at radius 1 is 1.00 bits per heavy atom. The standard InChI is InChI=1S/C22H24N6O2/c1-15-19(16-7-9-24-10-8-16)26-20(27-21(15)28-11-13-30-14-12-28)17-3-5-18(6-4-17)25-22(29)23-2/h3-10H,11-14H2,1-2H3,(H2,23,25,29). The van der Waals surface area contributed by atoms with E-state index in [9.17, 15) is 4.79 Å². The minimum Gasteiger partial charge on any atom is -0.378 e. The molecule has 0 atom stereocenters. The van der Waals surface area contributed by atoms with Crippen molar-refractivity contribution in [1.29, 1.82) is 0 Å². The maximum atomic E-state index is 11.5. The van der Waals surface area contributed by atoms with Crippen molar-refractivity contribution in [1.82, 2.24) is 20.3 Å². The van der Waals surface area contributed by atoms with E-state index in [0.717, 1.165) is 41.3 Å². The minimum atomic E-state index is -0.260. The minimum absolute atomic E-state index is 0.260. The first-order valence-electron chi connectivity index (χ1n) is 9.86. The quantitative estimate of drug-likeness (QED) is 0.694. The number of morpholine rings is 1. The molecule has 1 aliphatic rings. The van der Waals surface area contributed by atoms with Crippen LogP contribution in [0.15, 0.2) is 48.8 Å². The van der Waals surface area contributed by atoms with Crippen LogP contribution in [0.1, 0.15) is 5.56 Å². The summed E-state index contributed by atoms with van der Waals surface area (Å²) < 4.78 is 5.51. The fourth-order valence-corrected chi connectivity index (χ4v) is 3.40. The highest BCUT2D eigenvalue weighted by Gasteiger charge is 2.20. The third kappa shape index (κ3) is 4.23. The topological polar surface area (TPSA) is 92.3 Å². The van der Waals surface area contributed by atoms with Gasteiger partial charge in [0.05, 0.1) is 18.9 Å². The van der Waals surface area contributed by atoms with Crippen LogP contribution in [0.4, 0.5) is 16.3 Å². The molecule has 1 saturated heterocycles. The van der Waals surface area contributed by atoms with Crippen molar-refractivity contribution in [3.8, 4) is 22.6 Å². The Morgan fingerprint density at radius 3 is 2.37 bits per heavy atom. The molecule has 3 heterocycles. The van der Waals surface area contributed by atoms with Crippen molar-refractivity contribution in [3.63, 3.8) is 0 Å². The third-order valence-electron chi connectivity index (χ3n) is 5.01. The fourth-order valence-electron chi connectivity index (χ4n) is 3.40. The molecule has 0 aliphatic carbocycles. The maximum absolute atomic E-state index is 11.5. The molecule has 3 aromatic rings. The zero-order chi connectivity index (χ0) is 20.9. The molecule has 1 fully saturated rings.